The number of aromatic amines is 1. The lowest BCUT2D eigenvalue weighted by molar-refractivity contribution is -0.132. The second kappa shape index (κ2) is 7.82. The minimum Gasteiger partial charge on any atom is -0.484 e. The number of rotatable bonds is 7. The van der Waals surface area contributed by atoms with Gasteiger partial charge in [0, 0.05) is 30.8 Å². The van der Waals surface area contributed by atoms with Gasteiger partial charge in [-0.2, -0.15) is 5.10 Å². The Balaban J connectivity index is 1.24. The molecule has 7 heteroatoms. The number of anilines is 1. The molecule has 2 N–H and O–H groups in total. The lowest BCUT2D eigenvalue weighted by Crippen LogP contribution is -2.32. The van der Waals surface area contributed by atoms with Crippen molar-refractivity contribution in [2.24, 2.45) is 0 Å². The van der Waals surface area contributed by atoms with Crippen molar-refractivity contribution in [3.05, 3.63) is 41.6 Å². The quantitative estimate of drug-likeness (QED) is 0.786. The van der Waals surface area contributed by atoms with Crippen LogP contribution < -0.4 is 10.1 Å². The third-order valence-electron chi connectivity index (χ3n) is 4.99. The van der Waals surface area contributed by atoms with Crippen molar-refractivity contribution < 1.29 is 14.3 Å². The average Bonchev–Trinajstić information content (AvgIpc) is 3.17. The Labute approximate surface area is 158 Å². The predicted octanol–water partition coefficient (Wildman–Crippen LogP) is 2.47. The first-order chi connectivity index (χ1) is 13.2. The highest BCUT2D eigenvalue weighted by molar-refractivity contribution is 5.91. The average molecular weight is 368 g/mol. The van der Waals surface area contributed by atoms with Gasteiger partial charge < -0.3 is 15.0 Å². The Bertz CT molecular complexity index is 805. The van der Waals surface area contributed by atoms with Crippen molar-refractivity contribution in [1.82, 2.24) is 15.1 Å². The van der Waals surface area contributed by atoms with Crippen molar-refractivity contribution >= 4 is 17.6 Å². The van der Waals surface area contributed by atoms with Crippen LogP contribution in [0.3, 0.4) is 0 Å². The molecule has 2 heterocycles. The fraction of sp³-hybridized carbons (Fsp3) is 0.450. The summed E-state index contributed by atoms with van der Waals surface area (Å²) < 4.78 is 5.56. The van der Waals surface area contributed by atoms with Gasteiger partial charge in [-0.25, -0.2) is 0 Å². The molecule has 1 aromatic carbocycles. The molecule has 2 aliphatic rings. The van der Waals surface area contributed by atoms with E-state index in [1.807, 2.05) is 23.1 Å². The number of likely N-dealkylation sites (tertiary alicyclic amines) is 1. The fourth-order valence-electron chi connectivity index (χ4n) is 3.28. The van der Waals surface area contributed by atoms with Gasteiger partial charge in [-0.3, -0.25) is 14.7 Å². The summed E-state index contributed by atoms with van der Waals surface area (Å²) in [5, 5.41) is 9.93. The third kappa shape index (κ3) is 4.67. The van der Waals surface area contributed by atoms with Crippen LogP contribution in [0, 0.1) is 0 Å². The standard InChI is InChI=1S/C20H24N4O3/c25-19(21-18-12-17(22-23-18)15-5-6-15)11-14-3-7-16(8-4-14)27-13-20(26)24-9-1-2-10-24/h3-4,7-8,12,15H,1-2,5-6,9-11,13H2,(H2,21,22,23,25). The molecule has 1 saturated carbocycles. The van der Waals surface area contributed by atoms with E-state index in [0.717, 1.165) is 37.2 Å². The van der Waals surface area contributed by atoms with Crippen LogP contribution >= 0.6 is 0 Å². The van der Waals surface area contributed by atoms with Crippen LogP contribution in [-0.4, -0.2) is 46.6 Å². The van der Waals surface area contributed by atoms with Crippen molar-refractivity contribution in [3.8, 4) is 5.75 Å². The minimum absolute atomic E-state index is 0.0283. The zero-order chi connectivity index (χ0) is 18.6. The summed E-state index contributed by atoms with van der Waals surface area (Å²) in [4.78, 5) is 26.0. The van der Waals surface area contributed by atoms with Gasteiger partial charge in [0.25, 0.3) is 5.91 Å². The summed E-state index contributed by atoms with van der Waals surface area (Å²) in [6, 6.07) is 9.17. The van der Waals surface area contributed by atoms with Crippen LogP contribution in [0.2, 0.25) is 0 Å². The first kappa shape index (κ1) is 17.6. The number of carbonyl (C=O) groups excluding carboxylic acids is 2. The van der Waals surface area contributed by atoms with Crippen molar-refractivity contribution in [3.63, 3.8) is 0 Å². The Morgan fingerprint density at radius 3 is 2.63 bits per heavy atom. The molecular formula is C20H24N4O3. The maximum atomic E-state index is 12.2. The van der Waals surface area contributed by atoms with Crippen LogP contribution in [0.4, 0.5) is 5.82 Å². The zero-order valence-corrected chi connectivity index (χ0v) is 15.2. The van der Waals surface area contributed by atoms with E-state index >= 15 is 0 Å². The summed E-state index contributed by atoms with van der Waals surface area (Å²) in [6.45, 7) is 1.71. The Morgan fingerprint density at radius 2 is 1.93 bits per heavy atom. The van der Waals surface area contributed by atoms with E-state index in [0.29, 0.717) is 17.5 Å². The second-order valence-electron chi connectivity index (χ2n) is 7.23. The van der Waals surface area contributed by atoms with Crippen LogP contribution in [-0.2, 0) is 16.0 Å². The molecule has 0 spiro atoms. The van der Waals surface area contributed by atoms with Crippen LogP contribution in [0.25, 0.3) is 0 Å². The summed E-state index contributed by atoms with van der Waals surface area (Å²) >= 11 is 0. The third-order valence-corrected chi connectivity index (χ3v) is 4.99. The molecule has 4 rings (SSSR count). The largest absolute Gasteiger partial charge is 0.484 e. The molecular weight excluding hydrogens is 344 g/mol. The molecule has 1 aromatic heterocycles. The smallest absolute Gasteiger partial charge is 0.260 e. The molecule has 0 atom stereocenters. The molecule has 0 unspecified atom stereocenters. The van der Waals surface area contributed by atoms with Crippen LogP contribution in [0.15, 0.2) is 30.3 Å². The van der Waals surface area contributed by atoms with Crippen molar-refractivity contribution in [2.45, 2.75) is 38.0 Å². The van der Waals surface area contributed by atoms with Crippen LogP contribution in [0.5, 0.6) is 5.75 Å². The molecule has 1 saturated heterocycles. The lowest BCUT2D eigenvalue weighted by Gasteiger charge is -2.15. The SMILES string of the molecule is O=C(Cc1ccc(OCC(=O)N2CCCC2)cc1)Nc1cc(C2CC2)[nH]n1. The monoisotopic (exact) mass is 368 g/mol. The maximum Gasteiger partial charge on any atom is 0.260 e. The van der Waals surface area contributed by atoms with Gasteiger partial charge in [-0.05, 0) is 43.4 Å². The minimum atomic E-state index is -0.110. The van der Waals surface area contributed by atoms with Crippen molar-refractivity contribution in [2.75, 3.05) is 25.0 Å². The molecule has 0 bridgehead atoms. The van der Waals surface area contributed by atoms with Crippen LogP contribution in [0.1, 0.15) is 42.9 Å². The van der Waals surface area contributed by atoms with Crippen molar-refractivity contribution in [1.29, 1.82) is 0 Å². The molecule has 2 fully saturated rings. The molecule has 7 nitrogen and oxygen atoms in total. The highest BCUT2D eigenvalue weighted by Gasteiger charge is 2.25. The highest BCUT2D eigenvalue weighted by Crippen LogP contribution is 2.39. The Kier molecular flexibility index (Phi) is 5.09. The zero-order valence-electron chi connectivity index (χ0n) is 15.2. The molecule has 0 radical (unpaired) electrons. The maximum absolute atomic E-state index is 12.2. The topological polar surface area (TPSA) is 87.3 Å². The van der Waals surface area contributed by atoms with E-state index in [4.69, 9.17) is 4.74 Å². The normalized spacial score (nSPS) is 16.4. The molecule has 2 aromatic rings. The van der Waals surface area contributed by atoms with Gasteiger partial charge in [-0.1, -0.05) is 12.1 Å². The van der Waals surface area contributed by atoms with Gasteiger partial charge in [-0.15, -0.1) is 0 Å². The predicted molar refractivity (Wildman–Crippen MR) is 101 cm³/mol. The number of hydrogen-bond acceptors (Lipinski definition) is 4. The Morgan fingerprint density at radius 1 is 1.19 bits per heavy atom. The number of H-pyrrole nitrogens is 1. The summed E-state index contributed by atoms with van der Waals surface area (Å²) in [5.41, 5.74) is 1.97. The van der Waals surface area contributed by atoms with Gasteiger partial charge in [0.15, 0.2) is 12.4 Å². The van der Waals surface area contributed by atoms with Gasteiger partial charge in [0.05, 0.1) is 6.42 Å². The van der Waals surface area contributed by atoms with Gasteiger partial charge in [0.1, 0.15) is 5.75 Å². The van der Waals surface area contributed by atoms with E-state index in [9.17, 15) is 9.59 Å². The van der Waals surface area contributed by atoms with E-state index in [-0.39, 0.29) is 24.8 Å². The summed E-state index contributed by atoms with van der Waals surface area (Å²) in [6.07, 6.45) is 4.78. The van der Waals surface area contributed by atoms with E-state index in [1.165, 1.54) is 12.8 Å². The molecule has 2 amide bonds. The first-order valence-electron chi connectivity index (χ1n) is 9.52. The summed E-state index contributed by atoms with van der Waals surface area (Å²) in [5.74, 6) is 1.70. The number of nitrogens with one attached hydrogen (secondary N) is 2. The number of nitrogens with zero attached hydrogens (tertiary/aromatic N) is 2. The lowest BCUT2D eigenvalue weighted by atomic mass is 10.1. The van der Waals surface area contributed by atoms with E-state index < -0.39 is 0 Å². The summed E-state index contributed by atoms with van der Waals surface area (Å²) in [7, 11) is 0. The van der Waals surface area contributed by atoms with Gasteiger partial charge >= 0.3 is 0 Å². The first-order valence-corrected chi connectivity index (χ1v) is 9.52. The fourth-order valence-corrected chi connectivity index (χ4v) is 3.28. The number of carbonyl (C=O) groups is 2. The van der Waals surface area contributed by atoms with Gasteiger partial charge in [0.2, 0.25) is 5.91 Å². The number of amides is 2. The number of hydrogen-bond donors (Lipinski definition) is 2. The molecule has 27 heavy (non-hydrogen) atoms. The number of aromatic nitrogens is 2. The number of benzene rings is 1. The molecule has 142 valence electrons. The Hall–Kier alpha value is -2.83. The van der Waals surface area contributed by atoms with E-state index in [1.54, 1.807) is 12.1 Å². The van der Waals surface area contributed by atoms with E-state index in [2.05, 4.69) is 15.5 Å². The molecule has 1 aliphatic heterocycles. The highest BCUT2D eigenvalue weighted by atomic mass is 16.5. The molecule has 1 aliphatic carbocycles. The number of ether oxygens (including phenoxy) is 1. The second-order valence-corrected chi connectivity index (χ2v) is 7.23.